The number of rotatable bonds is 6. The third-order valence-corrected chi connectivity index (χ3v) is 3.63. The van der Waals surface area contributed by atoms with E-state index in [9.17, 15) is 4.79 Å². The molecule has 98 valence electrons. The molecule has 1 unspecified atom stereocenters. The molecule has 1 N–H and O–H groups in total. The first-order valence-corrected chi connectivity index (χ1v) is 6.67. The molecule has 1 aliphatic carbocycles. The van der Waals surface area contributed by atoms with Crippen LogP contribution in [0.4, 0.5) is 0 Å². The van der Waals surface area contributed by atoms with Crippen LogP contribution in [0.15, 0.2) is 24.3 Å². The Morgan fingerprint density at radius 2 is 2.06 bits per heavy atom. The van der Waals surface area contributed by atoms with Crippen molar-refractivity contribution in [3.63, 3.8) is 0 Å². The summed E-state index contributed by atoms with van der Waals surface area (Å²) >= 11 is 5.81. The van der Waals surface area contributed by atoms with Gasteiger partial charge in [-0.3, -0.25) is 9.69 Å². The van der Waals surface area contributed by atoms with Crippen molar-refractivity contribution in [3.8, 4) is 0 Å². The van der Waals surface area contributed by atoms with Crippen LogP contribution < -0.4 is 0 Å². The van der Waals surface area contributed by atoms with E-state index < -0.39 is 0 Å². The summed E-state index contributed by atoms with van der Waals surface area (Å²) in [6.45, 7) is 2.56. The topological polar surface area (TPSA) is 40.5 Å². The second-order valence-electron chi connectivity index (χ2n) is 4.74. The number of benzene rings is 1. The Hall–Kier alpha value is -0.900. The lowest BCUT2D eigenvalue weighted by Gasteiger charge is -2.27. The molecule has 1 aromatic rings. The number of carbonyl (C=O) groups is 1. The van der Waals surface area contributed by atoms with Gasteiger partial charge in [0.05, 0.1) is 12.6 Å². The van der Waals surface area contributed by atoms with Crippen LogP contribution in [0.1, 0.15) is 30.1 Å². The monoisotopic (exact) mass is 267 g/mol. The van der Waals surface area contributed by atoms with Gasteiger partial charge in [-0.2, -0.15) is 0 Å². The highest BCUT2D eigenvalue weighted by Gasteiger charge is 2.34. The number of hydrogen-bond acceptors (Lipinski definition) is 3. The van der Waals surface area contributed by atoms with Gasteiger partial charge in [-0.1, -0.05) is 11.6 Å². The summed E-state index contributed by atoms with van der Waals surface area (Å²) in [5.41, 5.74) is 0.676. The number of aliphatic hydroxyl groups excluding tert-OH is 1. The predicted molar refractivity (Wildman–Crippen MR) is 72.1 cm³/mol. The summed E-state index contributed by atoms with van der Waals surface area (Å²) < 4.78 is 0. The predicted octanol–water partition coefficient (Wildman–Crippen LogP) is 2.37. The van der Waals surface area contributed by atoms with Crippen molar-refractivity contribution < 1.29 is 9.90 Å². The molecule has 2 rings (SSSR count). The molecule has 0 radical (unpaired) electrons. The molecule has 0 amide bonds. The van der Waals surface area contributed by atoms with Crippen molar-refractivity contribution in [1.29, 1.82) is 0 Å². The third kappa shape index (κ3) is 3.10. The summed E-state index contributed by atoms with van der Waals surface area (Å²) in [5, 5.41) is 9.71. The van der Waals surface area contributed by atoms with Crippen molar-refractivity contribution in [2.75, 3.05) is 13.2 Å². The van der Waals surface area contributed by atoms with Gasteiger partial charge >= 0.3 is 0 Å². The minimum absolute atomic E-state index is 0.0898. The van der Waals surface area contributed by atoms with Gasteiger partial charge in [0.1, 0.15) is 0 Å². The van der Waals surface area contributed by atoms with Crippen LogP contribution in [-0.4, -0.2) is 41.0 Å². The molecule has 3 nitrogen and oxygen atoms in total. The van der Waals surface area contributed by atoms with Gasteiger partial charge < -0.3 is 5.11 Å². The molecule has 1 saturated carbocycles. The van der Waals surface area contributed by atoms with E-state index in [0.717, 1.165) is 12.8 Å². The van der Waals surface area contributed by atoms with Crippen LogP contribution in [0.5, 0.6) is 0 Å². The molecular formula is C14H18ClNO2. The van der Waals surface area contributed by atoms with Gasteiger partial charge in [-0.15, -0.1) is 0 Å². The molecule has 0 saturated heterocycles. The van der Waals surface area contributed by atoms with Gasteiger partial charge in [-0.05, 0) is 44.0 Å². The zero-order valence-electron chi connectivity index (χ0n) is 10.5. The average Bonchev–Trinajstić information content (AvgIpc) is 3.19. The fraction of sp³-hybridized carbons (Fsp3) is 0.500. The maximum atomic E-state index is 12.3. The Bertz CT molecular complexity index is 414. The van der Waals surface area contributed by atoms with E-state index >= 15 is 0 Å². The summed E-state index contributed by atoms with van der Waals surface area (Å²) in [5.74, 6) is 0.0898. The number of aliphatic hydroxyl groups is 1. The maximum absolute atomic E-state index is 12.3. The quantitative estimate of drug-likeness (QED) is 0.805. The average molecular weight is 268 g/mol. The molecule has 0 heterocycles. The van der Waals surface area contributed by atoms with E-state index in [1.165, 1.54) is 0 Å². The Labute approximate surface area is 112 Å². The van der Waals surface area contributed by atoms with Gasteiger partial charge in [0.2, 0.25) is 0 Å². The second-order valence-corrected chi connectivity index (χ2v) is 5.18. The highest BCUT2D eigenvalue weighted by Crippen LogP contribution is 2.29. The zero-order chi connectivity index (χ0) is 13.1. The smallest absolute Gasteiger partial charge is 0.179 e. The molecule has 0 aromatic heterocycles. The van der Waals surface area contributed by atoms with Crippen LogP contribution in [-0.2, 0) is 0 Å². The first-order valence-electron chi connectivity index (χ1n) is 6.30. The largest absolute Gasteiger partial charge is 0.395 e. The van der Waals surface area contributed by atoms with E-state index in [1.807, 2.05) is 6.92 Å². The highest BCUT2D eigenvalue weighted by molar-refractivity contribution is 6.30. The number of carbonyl (C=O) groups excluding carboxylic acids is 1. The van der Waals surface area contributed by atoms with E-state index in [0.29, 0.717) is 23.2 Å². The Morgan fingerprint density at radius 3 is 2.56 bits per heavy atom. The van der Waals surface area contributed by atoms with Crippen LogP contribution in [0.3, 0.4) is 0 Å². The molecule has 1 fully saturated rings. The van der Waals surface area contributed by atoms with Crippen molar-refractivity contribution in [1.82, 2.24) is 4.90 Å². The molecule has 0 aliphatic heterocycles. The molecule has 18 heavy (non-hydrogen) atoms. The number of hydrogen-bond donors (Lipinski definition) is 1. The second kappa shape index (κ2) is 5.83. The molecule has 1 aromatic carbocycles. The number of ketones is 1. The summed E-state index contributed by atoms with van der Waals surface area (Å²) in [4.78, 5) is 14.4. The van der Waals surface area contributed by atoms with Crippen molar-refractivity contribution in [2.45, 2.75) is 31.8 Å². The maximum Gasteiger partial charge on any atom is 0.179 e. The van der Waals surface area contributed by atoms with Gasteiger partial charge in [0, 0.05) is 23.2 Å². The molecule has 1 atom stereocenters. The molecule has 0 spiro atoms. The number of halogens is 1. The van der Waals surface area contributed by atoms with E-state index in [-0.39, 0.29) is 18.4 Å². The van der Waals surface area contributed by atoms with Crippen LogP contribution in [0.25, 0.3) is 0 Å². The molecular weight excluding hydrogens is 250 g/mol. The van der Waals surface area contributed by atoms with Gasteiger partial charge in [-0.25, -0.2) is 0 Å². The minimum Gasteiger partial charge on any atom is -0.395 e. The summed E-state index contributed by atoms with van der Waals surface area (Å²) in [6, 6.07) is 7.25. The lowest BCUT2D eigenvalue weighted by Crippen LogP contribution is -2.42. The van der Waals surface area contributed by atoms with E-state index in [4.69, 9.17) is 16.7 Å². The fourth-order valence-electron chi connectivity index (χ4n) is 2.22. The number of nitrogens with zero attached hydrogens (tertiary/aromatic N) is 1. The molecule has 4 heteroatoms. The summed E-state index contributed by atoms with van der Waals surface area (Å²) in [7, 11) is 0. The van der Waals surface area contributed by atoms with Crippen LogP contribution in [0, 0.1) is 0 Å². The SMILES string of the molecule is CC(C(=O)c1ccc(Cl)cc1)N(CCO)C1CC1. The highest BCUT2D eigenvalue weighted by atomic mass is 35.5. The molecule has 1 aliphatic rings. The lowest BCUT2D eigenvalue weighted by atomic mass is 10.0. The van der Waals surface area contributed by atoms with Crippen molar-refractivity contribution >= 4 is 17.4 Å². The third-order valence-electron chi connectivity index (χ3n) is 3.38. The molecule has 0 bridgehead atoms. The Kier molecular flexibility index (Phi) is 4.38. The zero-order valence-corrected chi connectivity index (χ0v) is 11.2. The Morgan fingerprint density at radius 1 is 1.44 bits per heavy atom. The fourth-order valence-corrected chi connectivity index (χ4v) is 2.35. The van der Waals surface area contributed by atoms with Gasteiger partial charge in [0.15, 0.2) is 5.78 Å². The van der Waals surface area contributed by atoms with Crippen molar-refractivity contribution in [2.24, 2.45) is 0 Å². The minimum atomic E-state index is -0.189. The first-order chi connectivity index (χ1) is 8.63. The Balaban J connectivity index is 2.08. The standard InChI is InChI=1S/C14H18ClNO2/c1-10(16(8-9-17)13-6-7-13)14(18)11-2-4-12(15)5-3-11/h2-5,10,13,17H,6-9H2,1H3. The van der Waals surface area contributed by atoms with E-state index in [2.05, 4.69) is 4.90 Å². The normalized spacial score (nSPS) is 16.9. The van der Waals surface area contributed by atoms with Gasteiger partial charge in [0.25, 0.3) is 0 Å². The summed E-state index contributed by atoms with van der Waals surface area (Å²) in [6.07, 6.45) is 2.25. The first kappa shape index (κ1) is 13.5. The van der Waals surface area contributed by atoms with E-state index in [1.54, 1.807) is 24.3 Å². The van der Waals surface area contributed by atoms with Crippen LogP contribution >= 0.6 is 11.6 Å². The lowest BCUT2D eigenvalue weighted by molar-refractivity contribution is 0.0793. The van der Waals surface area contributed by atoms with Crippen molar-refractivity contribution in [3.05, 3.63) is 34.9 Å². The number of Topliss-reactive ketones (excluding diaryl/α,β-unsaturated/α-hetero) is 1. The van der Waals surface area contributed by atoms with Crippen LogP contribution in [0.2, 0.25) is 5.02 Å².